The van der Waals surface area contributed by atoms with Crippen molar-refractivity contribution in [3.8, 4) is 0 Å². The fourth-order valence-corrected chi connectivity index (χ4v) is 3.03. The molecular weight excluding hydrogens is 300 g/mol. The van der Waals surface area contributed by atoms with Gasteiger partial charge in [-0.25, -0.2) is 0 Å². The van der Waals surface area contributed by atoms with Crippen molar-refractivity contribution in [2.75, 3.05) is 42.9 Å². The van der Waals surface area contributed by atoms with Crippen LogP contribution in [0.5, 0.6) is 0 Å². The Morgan fingerprint density at radius 1 is 1.12 bits per heavy atom. The van der Waals surface area contributed by atoms with Crippen molar-refractivity contribution in [3.05, 3.63) is 36.0 Å². The summed E-state index contributed by atoms with van der Waals surface area (Å²) in [6.07, 6.45) is 1.75. The quantitative estimate of drug-likeness (QED) is 0.912. The van der Waals surface area contributed by atoms with Gasteiger partial charge in [-0.15, -0.1) is 5.10 Å². The van der Waals surface area contributed by atoms with Crippen LogP contribution >= 0.6 is 0 Å². The molecule has 6 nitrogen and oxygen atoms in total. The van der Waals surface area contributed by atoms with E-state index in [-0.39, 0.29) is 0 Å². The molecule has 128 valence electrons. The van der Waals surface area contributed by atoms with Crippen molar-refractivity contribution in [3.63, 3.8) is 0 Å². The lowest BCUT2D eigenvalue weighted by Gasteiger charge is -2.34. The van der Waals surface area contributed by atoms with E-state index >= 15 is 0 Å². The Labute approximate surface area is 143 Å². The number of anilines is 3. The molecule has 0 amide bonds. The van der Waals surface area contributed by atoms with Gasteiger partial charge in [0.15, 0.2) is 5.82 Å². The van der Waals surface area contributed by atoms with E-state index in [2.05, 4.69) is 69.3 Å². The molecule has 1 saturated heterocycles. The third-order valence-electron chi connectivity index (χ3n) is 4.52. The summed E-state index contributed by atoms with van der Waals surface area (Å²) in [5, 5.41) is 11.6. The van der Waals surface area contributed by atoms with E-state index in [1.807, 2.05) is 6.07 Å². The molecule has 3 rings (SSSR count). The second-order valence-corrected chi connectivity index (χ2v) is 6.43. The molecule has 1 aliphatic rings. The minimum absolute atomic E-state index is 0.437. The van der Waals surface area contributed by atoms with E-state index in [9.17, 15) is 0 Å². The summed E-state index contributed by atoms with van der Waals surface area (Å²) in [5.74, 6) is 1.88. The van der Waals surface area contributed by atoms with Crippen LogP contribution in [0.2, 0.25) is 0 Å². The van der Waals surface area contributed by atoms with Crippen LogP contribution in [0.1, 0.15) is 32.3 Å². The number of nitrogens with zero attached hydrogens (tertiary/aromatic N) is 5. The minimum atomic E-state index is 0.437. The Bertz CT molecular complexity index is 664. The Hall–Kier alpha value is -2.21. The molecule has 0 radical (unpaired) electrons. The normalized spacial score (nSPS) is 15.8. The second-order valence-electron chi connectivity index (χ2n) is 6.43. The Morgan fingerprint density at radius 3 is 2.58 bits per heavy atom. The molecule has 1 fully saturated rings. The summed E-state index contributed by atoms with van der Waals surface area (Å²) in [7, 11) is 0. The fraction of sp³-hybridized carbons (Fsp3) is 0.500. The lowest BCUT2D eigenvalue weighted by molar-refractivity contribution is 0.270. The van der Waals surface area contributed by atoms with Crippen molar-refractivity contribution in [2.24, 2.45) is 0 Å². The first kappa shape index (κ1) is 16.6. The van der Waals surface area contributed by atoms with Crippen molar-refractivity contribution >= 4 is 17.5 Å². The van der Waals surface area contributed by atoms with Gasteiger partial charge in [0.2, 0.25) is 5.95 Å². The highest BCUT2D eigenvalue weighted by molar-refractivity contribution is 5.60. The summed E-state index contributed by atoms with van der Waals surface area (Å²) in [6.45, 7) is 11.8. The first-order valence-corrected chi connectivity index (χ1v) is 8.70. The topological polar surface area (TPSA) is 57.2 Å². The number of nitrogens with one attached hydrogen (secondary N) is 1. The summed E-state index contributed by atoms with van der Waals surface area (Å²) in [4.78, 5) is 9.39. The molecule has 0 saturated carbocycles. The third-order valence-corrected chi connectivity index (χ3v) is 4.52. The number of para-hydroxylation sites is 1. The molecule has 0 bridgehead atoms. The molecule has 1 N–H and O–H groups in total. The van der Waals surface area contributed by atoms with Crippen LogP contribution in [0.25, 0.3) is 0 Å². The van der Waals surface area contributed by atoms with E-state index < -0.39 is 0 Å². The number of benzene rings is 1. The molecule has 1 aliphatic heterocycles. The average Bonchev–Trinajstić information content (AvgIpc) is 2.62. The standard InChI is InChI=1S/C18H26N6/c1-4-23-9-11-24(12-10-23)17-13-19-22-18(21-17)20-16-8-6-5-7-15(16)14(2)3/h5-8,13-14H,4,9-12H2,1-3H3,(H,20,21,22). The molecule has 0 spiro atoms. The molecule has 1 aromatic carbocycles. The highest BCUT2D eigenvalue weighted by Gasteiger charge is 2.18. The maximum Gasteiger partial charge on any atom is 0.249 e. The van der Waals surface area contributed by atoms with Gasteiger partial charge in [-0.05, 0) is 24.1 Å². The van der Waals surface area contributed by atoms with Crippen LogP contribution in [0.4, 0.5) is 17.5 Å². The number of aromatic nitrogens is 3. The van der Waals surface area contributed by atoms with Gasteiger partial charge in [0.25, 0.3) is 0 Å². The number of hydrogen-bond donors (Lipinski definition) is 1. The summed E-state index contributed by atoms with van der Waals surface area (Å²) >= 11 is 0. The Morgan fingerprint density at radius 2 is 1.88 bits per heavy atom. The van der Waals surface area contributed by atoms with Gasteiger partial charge in [0.1, 0.15) is 0 Å². The van der Waals surface area contributed by atoms with E-state index in [4.69, 9.17) is 0 Å². The first-order valence-electron chi connectivity index (χ1n) is 8.70. The number of hydrogen-bond acceptors (Lipinski definition) is 6. The zero-order chi connectivity index (χ0) is 16.9. The molecule has 0 unspecified atom stereocenters. The van der Waals surface area contributed by atoms with Crippen LogP contribution in [-0.4, -0.2) is 52.8 Å². The van der Waals surface area contributed by atoms with Crippen molar-refractivity contribution in [2.45, 2.75) is 26.7 Å². The van der Waals surface area contributed by atoms with Crippen LogP contribution in [0, 0.1) is 0 Å². The molecule has 6 heteroatoms. The maximum atomic E-state index is 4.67. The Balaban J connectivity index is 1.75. The summed E-state index contributed by atoms with van der Waals surface area (Å²) in [5.41, 5.74) is 2.30. The lowest BCUT2D eigenvalue weighted by atomic mass is 10.0. The highest BCUT2D eigenvalue weighted by Crippen LogP contribution is 2.26. The fourth-order valence-electron chi connectivity index (χ4n) is 3.03. The largest absolute Gasteiger partial charge is 0.353 e. The maximum absolute atomic E-state index is 4.67. The highest BCUT2D eigenvalue weighted by atomic mass is 15.3. The predicted octanol–water partition coefficient (Wildman–Crippen LogP) is 2.88. The van der Waals surface area contributed by atoms with Gasteiger partial charge in [-0.2, -0.15) is 10.1 Å². The molecule has 1 aromatic heterocycles. The summed E-state index contributed by atoms with van der Waals surface area (Å²) < 4.78 is 0. The first-order chi connectivity index (χ1) is 11.7. The minimum Gasteiger partial charge on any atom is -0.353 e. The molecule has 0 aliphatic carbocycles. The van der Waals surface area contributed by atoms with Crippen LogP contribution in [0.15, 0.2) is 30.5 Å². The number of piperazine rings is 1. The molecule has 0 atom stereocenters. The Kier molecular flexibility index (Phi) is 5.25. The van der Waals surface area contributed by atoms with Gasteiger partial charge >= 0.3 is 0 Å². The van der Waals surface area contributed by atoms with Gasteiger partial charge in [-0.3, -0.25) is 0 Å². The number of rotatable bonds is 5. The van der Waals surface area contributed by atoms with Crippen molar-refractivity contribution < 1.29 is 0 Å². The van der Waals surface area contributed by atoms with Gasteiger partial charge < -0.3 is 15.1 Å². The van der Waals surface area contributed by atoms with E-state index in [0.717, 1.165) is 44.2 Å². The van der Waals surface area contributed by atoms with Crippen molar-refractivity contribution in [1.82, 2.24) is 20.1 Å². The lowest BCUT2D eigenvalue weighted by Crippen LogP contribution is -2.46. The molecule has 24 heavy (non-hydrogen) atoms. The zero-order valence-corrected chi connectivity index (χ0v) is 14.7. The zero-order valence-electron chi connectivity index (χ0n) is 14.7. The van der Waals surface area contributed by atoms with Crippen LogP contribution in [0.3, 0.4) is 0 Å². The molecule has 2 heterocycles. The molecule has 2 aromatic rings. The van der Waals surface area contributed by atoms with Crippen molar-refractivity contribution in [1.29, 1.82) is 0 Å². The third kappa shape index (κ3) is 3.82. The molecular formula is C18H26N6. The smallest absolute Gasteiger partial charge is 0.249 e. The average molecular weight is 326 g/mol. The van der Waals surface area contributed by atoms with E-state index in [1.165, 1.54) is 5.56 Å². The number of likely N-dealkylation sites (N-methyl/N-ethyl adjacent to an activating group) is 1. The van der Waals surface area contributed by atoms with Gasteiger partial charge in [0.05, 0.1) is 6.20 Å². The monoisotopic (exact) mass is 326 g/mol. The predicted molar refractivity (Wildman–Crippen MR) is 98.0 cm³/mol. The van der Waals surface area contributed by atoms with Crippen LogP contribution in [-0.2, 0) is 0 Å². The summed E-state index contributed by atoms with van der Waals surface area (Å²) in [6, 6.07) is 8.28. The van der Waals surface area contributed by atoms with E-state index in [1.54, 1.807) is 6.20 Å². The second kappa shape index (κ2) is 7.57. The van der Waals surface area contributed by atoms with E-state index in [0.29, 0.717) is 11.9 Å². The van der Waals surface area contributed by atoms with Gasteiger partial charge in [-0.1, -0.05) is 39.0 Å². The SMILES string of the molecule is CCN1CCN(c2cnnc(Nc3ccccc3C(C)C)n2)CC1. The van der Waals surface area contributed by atoms with Crippen LogP contribution < -0.4 is 10.2 Å². The van der Waals surface area contributed by atoms with Gasteiger partial charge in [0, 0.05) is 31.9 Å².